The summed E-state index contributed by atoms with van der Waals surface area (Å²) in [5.74, 6) is -1.39. The summed E-state index contributed by atoms with van der Waals surface area (Å²) in [4.78, 5) is 27.7. The average molecular weight is 240 g/mol. The maximum Gasteiger partial charge on any atom is 0.355 e. The third-order valence-corrected chi connectivity index (χ3v) is 2.75. The molecule has 1 aromatic heterocycles. The summed E-state index contributed by atoms with van der Waals surface area (Å²) in [7, 11) is 0. The van der Waals surface area contributed by atoms with Gasteiger partial charge in [-0.1, -0.05) is 6.08 Å². The van der Waals surface area contributed by atoms with Crippen LogP contribution in [0.4, 0.5) is 0 Å². The lowest BCUT2D eigenvalue weighted by Gasteiger charge is -2.16. The van der Waals surface area contributed by atoms with Gasteiger partial charge in [-0.25, -0.2) is 9.78 Å². The van der Waals surface area contributed by atoms with Crippen LogP contribution in [0.1, 0.15) is 27.2 Å². The second-order valence-corrected chi connectivity index (χ2v) is 3.83. The summed E-state index contributed by atoms with van der Waals surface area (Å²) in [6.07, 6.45) is 1.62. The second kappa shape index (κ2) is 5.41. The molecular weight excluding hydrogens is 228 g/mol. The number of hydrogen-bond acceptors (Lipinski definition) is 4. The van der Waals surface area contributed by atoms with Crippen molar-refractivity contribution in [2.75, 3.05) is 13.1 Å². The SMILES string of the molecule is C=CCN(CC)C(=O)c1nc(C(=O)O)cs1. The molecular formula is C10H12N2O3S. The van der Waals surface area contributed by atoms with E-state index in [1.165, 1.54) is 10.3 Å². The number of thiazole rings is 1. The standard InChI is InChI=1S/C10H12N2O3S/c1-3-5-12(4-2)9(13)8-11-7(6-16-8)10(14)15/h3,6H,1,4-5H2,2H3,(H,14,15). The van der Waals surface area contributed by atoms with Gasteiger partial charge >= 0.3 is 5.97 Å². The maximum absolute atomic E-state index is 11.8. The topological polar surface area (TPSA) is 70.5 Å². The van der Waals surface area contributed by atoms with Crippen LogP contribution >= 0.6 is 11.3 Å². The van der Waals surface area contributed by atoms with Gasteiger partial charge in [-0.3, -0.25) is 4.79 Å². The Morgan fingerprint density at radius 3 is 2.81 bits per heavy atom. The van der Waals surface area contributed by atoms with E-state index in [-0.39, 0.29) is 16.6 Å². The summed E-state index contributed by atoms with van der Waals surface area (Å²) in [5.41, 5.74) is -0.0944. The van der Waals surface area contributed by atoms with Gasteiger partial charge in [0.05, 0.1) is 0 Å². The van der Waals surface area contributed by atoms with Crippen LogP contribution in [0.5, 0.6) is 0 Å². The highest BCUT2D eigenvalue weighted by Gasteiger charge is 2.18. The van der Waals surface area contributed by atoms with Gasteiger partial charge in [0.25, 0.3) is 5.91 Å². The molecule has 86 valence electrons. The number of hydrogen-bond donors (Lipinski definition) is 1. The molecule has 0 unspecified atom stereocenters. The van der Waals surface area contributed by atoms with Gasteiger partial charge in [0.2, 0.25) is 0 Å². The lowest BCUT2D eigenvalue weighted by Crippen LogP contribution is -2.30. The Bertz CT molecular complexity index is 414. The van der Waals surface area contributed by atoms with E-state index in [1.807, 2.05) is 6.92 Å². The number of rotatable bonds is 5. The zero-order valence-corrected chi connectivity index (χ0v) is 9.66. The van der Waals surface area contributed by atoms with Crippen LogP contribution in [-0.2, 0) is 0 Å². The van der Waals surface area contributed by atoms with Crippen LogP contribution in [0.3, 0.4) is 0 Å². The molecule has 0 aliphatic heterocycles. The van der Waals surface area contributed by atoms with Crippen molar-refractivity contribution in [2.24, 2.45) is 0 Å². The van der Waals surface area contributed by atoms with Crippen molar-refractivity contribution in [1.29, 1.82) is 0 Å². The second-order valence-electron chi connectivity index (χ2n) is 2.98. The highest BCUT2D eigenvalue weighted by molar-refractivity contribution is 7.11. The summed E-state index contributed by atoms with van der Waals surface area (Å²) >= 11 is 1.04. The van der Waals surface area contributed by atoms with E-state index >= 15 is 0 Å². The van der Waals surface area contributed by atoms with E-state index in [9.17, 15) is 9.59 Å². The number of amides is 1. The lowest BCUT2D eigenvalue weighted by molar-refractivity contribution is 0.0691. The first-order valence-electron chi connectivity index (χ1n) is 4.69. The summed E-state index contributed by atoms with van der Waals surface area (Å²) in [5, 5.41) is 10.2. The molecule has 0 saturated heterocycles. The Kier molecular flexibility index (Phi) is 4.19. The third-order valence-electron chi connectivity index (χ3n) is 1.92. The van der Waals surface area contributed by atoms with Crippen molar-refractivity contribution in [1.82, 2.24) is 9.88 Å². The number of likely N-dealkylation sites (N-methyl/N-ethyl adjacent to an activating group) is 1. The van der Waals surface area contributed by atoms with Gasteiger partial charge in [0, 0.05) is 18.5 Å². The van der Waals surface area contributed by atoms with Crippen molar-refractivity contribution < 1.29 is 14.7 Å². The Balaban J connectivity index is 2.86. The number of aromatic carboxylic acids is 1. The average Bonchev–Trinajstić information content (AvgIpc) is 2.74. The number of carbonyl (C=O) groups is 2. The molecule has 6 heteroatoms. The largest absolute Gasteiger partial charge is 0.476 e. The van der Waals surface area contributed by atoms with Crippen LogP contribution in [0.25, 0.3) is 0 Å². The molecule has 0 radical (unpaired) electrons. The minimum absolute atomic E-state index is 0.0944. The van der Waals surface area contributed by atoms with Gasteiger partial charge in [-0.15, -0.1) is 17.9 Å². The minimum atomic E-state index is -1.12. The van der Waals surface area contributed by atoms with Crippen LogP contribution in [0, 0.1) is 0 Å². The van der Waals surface area contributed by atoms with E-state index in [4.69, 9.17) is 5.11 Å². The maximum atomic E-state index is 11.8. The van der Waals surface area contributed by atoms with Crippen molar-refractivity contribution in [3.63, 3.8) is 0 Å². The molecule has 0 aliphatic rings. The first-order chi connectivity index (χ1) is 7.60. The first kappa shape index (κ1) is 12.4. The molecule has 0 aromatic carbocycles. The molecule has 16 heavy (non-hydrogen) atoms. The fourth-order valence-corrected chi connectivity index (χ4v) is 1.87. The number of carboxylic acid groups (broad SMARTS) is 1. The number of aromatic nitrogens is 1. The zero-order valence-electron chi connectivity index (χ0n) is 8.84. The van der Waals surface area contributed by atoms with Crippen LogP contribution in [-0.4, -0.2) is 40.0 Å². The monoisotopic (exact) mass is 240 g/mol. The van der Waals surface area contributed by atoms with E-state index in [1.54, 1.807) is 6.08 Å². The molecule has 1 amide bonds. The molecule has 1 N–H and O–H groups in total. The molecule has 1 rings (SSSR count). The minimum Gasteiger partial charge on any atom is -0.476 e. The summed E-state index contributed by atoms with van der Waals surface area (Å²) in [6.45, 7) is 6.36. The van der Waals surface area contributed by atoms with Crippen LogP contribution < -0.4 is 0 Å². The van der Waals surface area contributed by atoms with E-state index in [0.717, 1.165) is 11.3 Å². The predicted molar refractivity (Wildman–Crippen MR) is 60.8 cm³/mol. The first-order valence-corrected chi connectivity index (χ1v) is 5.57. The number of carboxylic acids is 1. The molecule has 1 heterocycles. The Morgan fingerprint density at radius 1 is 1.69 bits per heavy atom. The summed E-state index contributed by atoms with van der Waals surface area (Å²) < 4.78 is 0. The van der Waals surface area contributed by atoms with Crippen molar-refractivity contribution in [3.8, 4) is 0 Å². The van der Waals surface area contributed by atoms with E-state index in [0.29, 0.717) is 13.1 Å². The quantitative estimate of drug-likeness (QED) is 0.791. The molecule has 0 fully saturated rings. The van der Waals surface area contributed by atoms with Gasteiger partial charge in [0.15, 0.2) is 10.7 Å². The van der Waals surface area contributed by atoms with E-state index in [2.05, 4.69) is 11.6 Å². The zero-order chi connectivity index (χ0) is 12.1. The highest BCUT2D eigenvalue weighted by Crippen LogP contribution is 2.12. The Morgan fingerprint density at radius 2 is 2.38 bits per heavy atom. The molecule has 0 spiro atoms. The normalized spacial score (nSPS) is 9.81. The van der Waals surface area contributed by atoms with Crippen molar-refractivity contribution in [3.05, 3.63) is 28.7 Å². The Hall–Kier alpha value is -1.69. The molecule has 1 aromatic rings. The molecule has 0 bridgehead atoms. The lowest BCUT2D eigenvalue weighted by atomic mass is 10.4. The molecule has 0 aliphatic carbocycles. The number of nitrogens with zero attached hydrogens (tertiary/aromatic N) is 2. The Labute approximate surface area is 97.0 Å². The molecule has 0 saturated carbocycles. The third kappa shape index (κ3) is 2.66. The van der Waals surface area contributed by atoms with Crippen molar-refractivity contribution >= 4 is 23.2 Å². The molecule has 0 atom stereocenters. The van der Waals surface area contributed by atoms with Crippen LogP contribution in [0.15, 0.2) is 18.0 Å². The molecule has 5 nitrogen and oxygen atoms in total. The van der Waals surface area contributed by atoms with Gasteiger partial charge < -0.3 is 10.0 Å². The van der Waals surface area contributed by atoms with Gasteiger partial charge in [-0.05, 0) is 6.92 Å². The highest BCUT2D eigenvalue weighted by atomic mass is 32.1. The van der Waals surface area contributed by atoms with Crippen LogP contribution in [0.2, 0.25) is 0 Å². The fourth-order valence-electron chi connectivity index (χ4n) is 1.12. The van der Waals surface area contributed by atoms with Crippen molar-refractivity contribution in [2.45, 2.75) is 6.92 Å². The fraction of sp³-hybridized carbons (Fsp3) is 0.300. The van der Waals surface area contributed by atoms with Gasteiger partial charge in [-0.2, -0.15) is 0 Å². The smallest absolute Gasteiger partial charge is 0.355 e. The predicted octanol–water partition coefficient (Wildman–Crippen LogP) is 1.49. The number of carbonyl (C=O) groups excluding carboxylic acids is 1. The summed E-state index contributed by atoms with van der Waals surface area (Å²) in [6, 6.07) is 0. The van der Waals surface area contributed by atoms with E-state index < -0.39 is 5.97 Å². The van der Waals surface area contributed by atoms with Gasteiger partial charge in [0.1, 0.15) is 0 Å².